The van der Waals surface area contributed by atoms with E-state index in [1.165, 1.54) is 0 Å². The average molecular weight is 256 g/mol. The summed E-state index contributed by atoms with van der Waals surface area (Å²) in [4.78, 5) is 13.8. The molecule has 0 aliphatic heterocycles. The summed E-state index contributed by atoms with van der Waals surface area (Å²) < 4.78 is 0. The van der Waals surface area contributed by atoms with E-state index < -0.39 is 0 Å². The number of nitrogens with zero attached hydrogens (tertiary/aromatic N) is 1. The Morgan fingerprint density at radius 3 is 2.50 bits per heavy atom. The van der Waals surface area contributed by atoms with Crippen molar-refractivity contribution in [2.75, 3.05) is 13.6 Å². The number of aliphatic hydroxyl groups excluding tert-OH is 1. The molecule has 1 aliphatic carbocycles. The highest BCUT2D eigenvalue weighted by Gasteiger charge is 2.29. The molecule has 2 unspecified atom stereocenters. The topological polar surface area (TPSA) is 52.6 Å². The van der Waals surface area contributed by atoms with Crippen molar-refractivity contribution >= 4 is 5.91 Å². The van der Waals surface area contributed by atoms with Crippen LogP contribution in [0.5, 0.6) is 0 Å². The number of nitrogens with one attached hydrogen (secondary N) is 1. The van der Waals surface area contributed by atoms with E-state index in [-0.39, 0.29) is 23.6 Å². The summed E-state index contributed by atoms with van der Waals surface area (Å²) in [5.74, 6) is 0.123. The fourth-order valence-corrected chi connectivity index (χ4v) is 2.45. The number of rotatable bonds is 4. The van der Waals surface area contributed by atoms with E-state index in [0.29, 0.717) is 13.0 Å². The first-order valence-corrected chi connectivity index (χ1v) is 7.00. The maximum Gasteiger partial charge on any atom is 0.223 e. The van der Waals surface area contributed by atoms with Gasteiger partial charge in [0.25, 0.3) is 0 Å². The Morgan fingerprint density at radius 2 is 1.94 bits per heavy atom. The van der Waals surface area contributed by atoms with Crippen LogP contribution in [0.1, 0.15) is 52.9 Å². The zero-order chi connectivity index (χ0) is 13.8. The maximum absolute atomic E-state index is 12.0. The highest BCUT2D eigenvalue weighted by atomic mass is 16.3. The Labute approximate surface area is 111 Å². The molecule has 1 aliphatic rings. The second-order valence-electron chi connectivity index (χ2n) is 6.35. The number of amides is 1. The molecule has 0 heterocycles. The molecular weight excluding hydrogens is 228 g/mol. The van der Waals surface area contributed by atoms with Crippen LogP contribution in [0.2, 0.25) is 0 Å². The van der Waals surface area contributed by atoms with Gasteiger partial charge in [0, 0.05) is 25.6 Å². The van der Waals surface area contributed by atoms with Gasteiger partial charge in [-0.15, -0.1) is 0 Å². The first-order valence-electron chi connectivity index (χ1n) is 7.00. The van der Waals surface area contributed by atoms with Gasteiger partial charge >= 0.3 is 0 Å². The first-order chi connectivity index (χ1) is 8.31. The molecule has 106 valence electrons. The molecule has 0 bridgehead atoms. The van der Waals surface area contributed by atoms with Crippen LogP contribution >= 0.6 is 0 Å². The number of likely N-dealkylation sites (N-methyl/N-ethyl adjacent to an activating group) is 1. The fraction of sp³-hybridized carbons (Fsp3) is 0.929. The summed E-state index contributed by atoms with van der Waals surface area (Å²) in [6, 6.07) is 0.0147. The predicted octanol–water partition coefficient (Wildman–Crippen LogP) is 1.53. The number of hydrogen-bond donors (Lipinski definition) is 2. The van der Waals surface area contributed by atoms with Crippen LogP contribution < -0.4 is 5.32 Å². The summed E-state index contributed by atoms with van der Waals surface area (Å²) in [7, 11) is 1.82. The van der Waals surface area contributed by atoms with E-state index in [1.807, 2.05) is 7.05 Å². The molecule has 1 saturated carbocycles. The van der Waals surface area contributed by atoms with Crippen molar-refractivity contribution in [2.45, 2.75) is 70.6 Å². The van der Waals surface area contributed by atoms with Crippen molar-refractivity contribution in [1.29, 1.82) is 0 Å². The van der Waals surface area contributed by atoms with Crippen molar-refractivity contribution in [3.05, 3.63) is 0 Å². The van der Waals surface area contributed by atoms with Crippen molar-refractivity contribution in [3.63, 3.8) is 0 Å². The second-order valence-corrected chi connectivity index (χ2v) is 6.35. The zero-order valence-corrected chi connectivity index (χ0v) is 12.2. The predicted molar refractivity (Wildman–Crippen MR) is 73.4 cm³/mol. The molecule has 0 aromatic heterocycles. The lowest BCUT2D eigenvalue weighted by Gasteiger charge is -2.35. The summed E-state index contributed by atoms with van der Waals surface area (Å²) in [5.41, 5.74) is 0.0448. The van der Waals surface area contributed by atoms with Gasteiger partial charge in [-0.25, -0.2) is 0 Å². The highest BCUT2D eigenvalue weighted by molar-refractivity contribution is 5.76. The van der Waals surface area contributed by atoms with Crippen LogP contribution in [0.15, 0.2) is 0 Å². The third-order valence-electron chi connectivity index (χ3n) is 3.58. The molecule has 0 aromatic rings. The summed E-state index contributed by atoms with van der Waals surface area (Å²) >= 11 is 0. The van der Waals surface area contributed by atoms with Gasteiger partial charge in [-0.3, -0.25) is 4.79 Å². The molecule has 0 aromatic carbocycles. The number of carbonyl (C=O) groups is 1. The van der Waals surface area contributed by atoms with Gasteiger partial charge in [-0.05, 0) is 33.6 Å². The standard InChI is InChI=1S/C14H28N2O2/c1-14(2,3)15-10-9-13(18)16(4)11-7-5-6-8-12(11)17/h11-12,15,17H,5-10H2,1-4H3. The van der Waals surface area contributed by atoms with Gasteiger partial charge < -0.3 is 15.3 Å². The number of carbonyl (C=O) groups excluding carboxylic acids is 1. The monoisotopic (exact) mass is 256 g/mol. The van der Waals surface area contributed by atoms with E-state index in [9.17, 15) is 9.90 Å². The Hall–Kier alpha value is -0.610. The van der Waals surface area contributed by atoms with Crippen molar-refractivity contribution in [1.82, 2.24) is 10.2 Å². The molecule has 2 atom stereocenters. The molecule has 4 heteroatoms. The lowest BCUT2D eigenvalue weighted by atomic mass is 9.91. The van der Waals surface area contributed by atoms with Crippen LogP contribution in [0, 0.1) is 0 Å². The SMILES string of the molecule is CN(C(=O)CCNC(C)(C)C)C1CCCCC1O. The van der Waals surface area contributed by atoms with Gasteiger partial charge in [-0.1, -0.05) is 12.8 Å². The minimum Gasteiger partial charge on any atom is -0.391 e. The molecule has 0 spiro atoms. The van der Waals surface area contributed by atoms with E-state index in [2.05, 4.69) is 26.1 Å². The van der Waals surface area contributed by atoms with Crippen LogP contribution in [0.4, 0.5) is 0 Å². The lowest BCUT2D eigenvalue weighted by Crippen LogP contribution is -2.47. The van der Waals surface area contributed by atoms with Crippen molar-refractivity contribution < 1.29 is 9.90 Å². The van der Waals surface area contributed by atoms with Crippen molar-refractivity contribution in [3.8, 4) is 0 Å². The molecule has 2 N–H and O–H groups in total. The fourth-order valence-electron chi connectivity index (χ4n) is 2.45. The third kappa shape index (κ3) is 4.94. The van der Waals surface area contributed by atoms with Crippen LogP contribution in [-0.4, -0.2) is 47.2 Å². The van der Waals surface area contributed by atoms with E-state index >= 15 is 0 Å². The van der Waals surface area contributed by atoms with Gasteiger partial charge in [0.1, 0.15) is 0 Å². The summed E-state index contributed by atoms with van der Waals surface area (Å²) in [6.45, 7) is 6.96. The van der Waals surface area contributed by atoms with Gasteiger partial charge in [-0.2, -0.15) is 0 Å². The van der Waals surface area contributed by atoms with Gasteiger partial charge in [0.05, 0.1) is 12.1 Å². The van der Waals surface area contributed by atoms with E-state index in [4.69, 9.17) is 0 Å². The zero-order valence-electron chi connectivity index (χ0n) is 12.2. The molecule has 18 heavy (non-hydrogen) atoms. The summed E-state index contributed by atoms with van der Waals surface area (Å²) in [6.07, 6.45) is 4.09. The molecule has 1 amide bonds. The molecule has 0 saturated heterocycles. The smallest absolute Gasteiger partial charge is 0.223 e. The Morgan fingerprint density at radius 1 is 1.33 bits per heavy atom. The van der Waals surface area contributed by atoms with Gasteiger partial charge in [0.2, 0.25) is 5.91 Å². The summed E-state index contributed by atoms with van der Waals surface area (Å²) in [5, 5.41) is 13.2. The van der Waals surface area contributed by atoms with E-state index in [1.54, 1.807) is 4.90 Å². The lowest BCUT2D eigenvalue weighted by molar-refractivity contribution is -0.135. The third-order valence-corrected chi connectivity index (χ3v) is 3.58. The normalized spacial score (nSPS) is 24.9. The van der Waals surface area contributed by atoms with Gasteiger partial charge in [0.15, 0.2) is 0 Å². The number of hydrogen-bond acceptors (Lipinski definition) is 3. The quantitative estimate of drug-likeness (QED) is 0.802. The first kappa shape index (κ1) is 15.4. The largest absolute Gasteiger partial charge is 0.391 e. The Kier molecular flexibility index (Phi) is 5.60. The second kappa shape index (κ2) is 6.53. The van der Waals surface area contributed by atoms with Crippen LogP contribution in [0.25, 0.3) is 0 Å². The minimum atomic E-state index is -0.344. The Balaban J connectivity index is 2.36. The van der Waals surface area contributed by atoms with E-state index in [0.717, 1.165) is 25.7 Å². The number of aliphatic hydroxyl groups is 1. The molecule has 4 nitrogen and oxygen atoms in total. The molecule has 0 radical (unpaired) electrons. The highest BCUT2D eigenvalue weighted by Crippen LogP contribution is 2.22. The molecular formula is C14H28N2O2. The van der Waals surface area contributed by atoms with Crippen LogP contribution in [0.3, 0.4) is 0 Å². The Bertz CT molecular complexity index is 273. The van der Waals surface area contributed by atoms with Crippen LogP contribution in [-0.2, 0) is 4.79 Å². The molecule has 1 rings (SSSR count). The minimum absolute atomic E-state index is 0.0147. The average Bonchev–Trinajstić information content (AvgIpc) is 2.27. The maximum atomic E-state index is 12.0. The van der Waals surface area contributed by atoms with Crippen molar-refractivity contribution in [2.24, 2.45) is 0 Å². The molecule has 1 fully saturated rings.